The van der Waals surface area contributed by atoms with Crippen molar-refractivity contribution >= 4 is 16.9 Å². The van der Waals surface area contributed by atoms with Gasteiger partial charge in [-0.2, -0.15) is 0 Å². The first kappa shape index (κ1) is 11.7. The second-order valence-electron chi connectivity index (χ2n) is 4.79. The highest BCUT2D eigenvalue weighted by atomic mass is 16.4. The number of carboxylic acids is 1. The molecular formula is C14H17NO2. The molecule has 1 aromatic carbocycles. The average Bonchev–Trinajstić information content (AvgIpc) is 2.69. The zero-order chi connectivity index (χ0) is 12.6. The summed E-state index contributed by atoms with van der Waals surface area (Å²) in [7, 11) is 0. The van der Waals surface area contributed by atoms with E-state index in [-0.39, 0.29) is 0 Å². The molecule has 0 fully saturated rings. The third-order valence-electron chi connectivity index (χ3n) is 3.17. The van der Waals surface area contributed by atoms with E-state index >= 15 is 0 Å². The Morgan fingerprint density at radius 1 is 1.24 bits per heavy atom. The van der Waals surface area contributed by atoms with Gasteiger partial charge >= 0.3 is 5.97 Å². The van der Waals surface area contributed by atoms with Crippen molar-refractivity contribution in [2.75, 3.05) is 0 Å². The number of hydrogen-bond acceptors (Lipinski definition) is 1. The highest BCUT2D eigenvalue weighted by molar-refractivity contribution is 5.84. The van der Waals surface area contributed by atoms with Crippen LogP contribution >= 0.6 is 0 Å². The standard InChI is InChI=1S/C14H17NO2/c1-8(2)10-4-5-11-7-12(9(3)14(16)17)15-13(11)6-10/h4-9,15H,1-3H3,(H,16,17). The lowest BCUT2D eigenvalue weighted by Crippen LogP contribution is -2.07. The highest BCUT2D eigenvalue weighted by Gasteiger charge is 2.16. The number of aromatic amines is 1. The molecule has 2 N–H and O–H groups in total. The summed E-state index contributed by atoms with van der Waals surface area (Å²) in [6.07, 6.45) is 0. The van der Waals surface area contributed by atoms with Gasteiger partial charge < -0.3 is 10.1 Å². The van der Waals surface area contributed by atoms with Gasteiger partial charge in [0.25, 0.3) is 0 Å². The van der Waals surface area contributed by atoms with Crippen LogP contribution in [0.3, 0.4) is 0 Å². The quantitative estimate of drug-likeness (QED) is 0.849. The van der Waals surface area contributed by atoms with Crippen LogP contribution in [0.1, 0.15) is 43.9 Å². The van der Waals surface area contributed by atoms with Gasteiger partial charge in [0.05, 0.1) is 5.92 Å². The molecule has 0 aliphatic rings. The Balaban J connectivity index is 2.47. The SMILES string of the molecule is CC(C)c1ccc2cc(C(C)C(=O)O)[nH]c2c1. The van der Waals surface area contributed by atoms with Crippen molar-refractivity contribution in [3.05, 3.63) is 35.5 Å². The number of H-pyrrole nitrogens is 1. The van der Waals surface area contributed by atoms with Crippen LogP contribution in [0.4, 0.5) is 0 Å². The first-order valence-corrected chi connectivity index (χ1v) is 5.84. The van der Waals surface area contributed by atoms with Gasteiger partial charge in [0.15, 0.2) is 0 Å². The van der Waals surface area contributed by atoms with Crippen LogP contribution in [-0.2, 0) is 4.79 Å². The predicted octanol–water partition coefficient (Wildman–Crippen LogP) is 3.48. The molecule has 2 aromatic rings. The topological polar surface area (TPSA) is 53.1 Å². The zero-order valence-corrected chi connectivity index (χ0v) is 10.3. The van der Waals surface area contributed by atoms with Crippen molar-refractivity contribution in [2.45, 2.75) is 32.6 Å². The largest absolute Gasteiger partial charge is 0.481 e. The van der Waals surface area contributed by atoms with Crippen molar-refractivity contribution in [1.82, 2.24) is 4.98 Å². The average molecular weight is 231 g/mol. The molecule has 17 heavy (non-hydrogen) atoms. The van der Waals surface area contributed by atoms with Gasteiger partial charge in [-0.05, 0) is 35.9 Å². The van der Waals surface area contributed by atoms with Crippen LogP contribution in [0.15, 0.2) is 24.3 Å². The summed E-state index contributed by atoms with van der Waals surface area (Å²) in [5, 5.41) is 10.1. The van der Waals surface area contributed by atoms with Gasteiger partial charge in [-0.1, -0.05) is 26.0 Å². The molecule has 2 rings (SSSR count). The molecule has 0 aliphatic carbocycles. The highest BCUT2D eigenvalue weighted by Crippen LogP contribution is 2.25. The molecule has 0 saturated carbocycles. The summed E-state index contributed by atoms with van der Waals surface area (Å²) < 4.78 is 0. The van der Waals surface area contributed by atoms with Crippen molar-refractivity contribution in [3.8, 4) is 0 Å². The van der Waals surface area contributed by atoms with Crippen LogP contribution in [0.25, 0.3) is 10.9 Å². The Hall–Kier alpha value is -1.77. The van der Waals surface area contributed by atoms with Crippen LogP contribution in [0.5, 0.6) is 0 Å². The zero-order valence-electron chi connectivity index (χ0n) is 10.3. The lowest BCUT2D eigenvalue weighted by atomic mass is 10.0. The molecule has 0 radical (unpaired) electrons. The molecule has 1 unspecified atom stereocenters. The van der Waals surface area contributed by atoms with E-state index in [9.17, 15) is 4.79 Å². The number of hydrogen-bond donors (Lipinski definition) is 2. The normalized spacial score (nSPS) is 13.2. The van der Waals surface area contributed by atoms with Gasteiger partial charge in [0.1, 0.15) is 0 Å². The van der Waals surface area contributed by atoms with Crippen LogP contribution in [0.2, 0.25) is 0 Å². The van der Waals surface area contributed by atoms with Crippen molar-refractivity contribution in [3.63, 3.8) is 0 Å². The van der Waals surface area contributed by atoms with E-state index in [0.717, 1.165) is 16.6 Å². The summed E-state index contributed by atoms with van der Waals surface area (Å²) in [6.45, 7) is 5.98. The van der Waals surface area contributed by atoms with Gasteiger partial charge in [-0.25, -0.2) is 0 Å². The monoisotopic (exact) mass is 231 g/mol. The summed E-state index contributed by atoms with van der Waals surface area (Å²) in [5.41, 5.74) is 3.03. The molecule has 1 atom stereocenters. The molecule has 1 heterocycles. The van der Waals surface area contributed by atoms with Crippen molar-refractivity contribution < 1.29 is 9.90 Å². The summed E-state index contributed by atoms with van der Waals surface area (Å²) >= 11 is 0. The van der Waals surface area contributed by atoms with E-state index < -0.39 is 11.9 Å². The first-order chi connectivity index (χ1) is 7.99. The summed E-state index contributed by atoms with van der Waals surface area (Å²) in [4.78, 5) is 14.1. The number of benzene rings is 1. The van der Waals surface area contributed by atoms with E-state index in [0.29, 0.717) is 5.92 Å². The second kappa shape index (κ2) is 4.24. The van der Waals surface area contributed by atoms with E-state index in [1.54, 1.807) is 6.92 Å². The van der Waals surface area contributed by atoms with Crippen LogP contribution < -0.4 is 0 Å². The van der Waals surface area contributed by atoms with Crippen LogP contribution in [-0.4, -0.2) is 16.1 Å². The van der Waals surface area contributed by atoms with E-state index in [1.165, 1.54) is 5.56 Å². The van der Waals surface area contributed by atoms with E-state index in [1.807, 2.05) is 12.1 Å². The van der Waals surface area contributed by atoms with Gasteiger partial charge in [-0.15, -0.1) is 0 Å². The fourth-order valence-corrected chi connectivity index (χ4v) is 1.89. The van der Waals surface area contributed by atoms with Crippen LogP contribution in [0, 0.1) is 0 Å². The second-order valence-corrected chi connectivity index (χ2v) is 4.79. The molecule has 3 heteroatoms. The molecule has 3 nitrogen and oxygen atoms in total. The minimum Gasteiger partial charge on any atom is -0.481 e. The maximum absolute atomic E-state index is 10.9. The maximum atomic E-state index is 10.9. The van der Waals surface area contributed by atoms with Gasteiger partial charge in [0, 0.05) is 11.2 Å². The number of nitrogens with one attached hydrogen (secondary N) is 1. The fraction of sp³-hybridized carbons (Fsp3) is 0.357. The van der Waals surface area contributed by atoms with Gasteiger partial charge in [-0.3, -0.25) is 4.79 Å². The molecule has 0 bridgehead atoms. The summed E-state index contributed by atoms with van der Waals surface area (Å²) in [5.74, 6) is -0.825. The van der Waals surface area contributed by atoms with Crippen molar-refractivity contribution in [1.29, 1.82) is 0 Å². The molecular weight excluding hydrogens is 214 g/mol. The number of aromatic nitrogens is 1. The molecule has 0 saturated heterocycles. The number of rotatable bonds is 3. The lowest BCUT2D eigenvalue weighted by molar-refractivity contribution is -0.138. The molecule has 90 valence electrons. The van der Waals surface area contributed by atoms with E-state index in [4.69, 9.17) is 5.11 Å². The first-order valence-electron chi connectivity index (χ1n) is 5.84. The summed E-state index contributed by atoms with van der Waals surface area (Å²) in [6, 6.07) is 8.14. The lowest BCUT2D eigenvalue weighted by Gasteiger charge is -2.04. The van der Waals surface area contributed by atoms with E-state index in [2.05, 4.69) is 31.0 Å². The number of aliphatic carboxylic acids is 1. The Labute approximate surface area is 100 Å². The smallest absolute Gasteiger partial charge is 0.312 e. The minimum absolute atomic E-state index is 0.475. The fourth-order valence-electron chi connectivity index (χ4n) is 1.89. The number of carbonyl (C=O) groups is 1. The maximum Gasteiger partial charge on any atom is 0.312 e. The Morgan fingerprint density at radius 2 is 1.94 bits per heavy atom. The molecule has 0 amide bonds. The minimum atomic E-state index is -0.805. The third-order valence-corrected chi connectivity index (χ3v) is 3.17. The van der Waals surface area contributed by atoms with Gasteiger partial charge in [0.2, 0.25) is 0 Å². The number of fused-ring (bicyclic) bond motifs is 1. The Morgan fingerprint density at radius 3 is 2.53 bits per heavy atom. The molecule has 1 aromatic heterocycles. The Kier molecular flexibility index (Phi) is 2.92. The third kappa shape index (κ3) is 2.18. The Bertz CT molecular complexity index is 554. The molecule has 0 aliphatic heterocycles. The number of carboxylic acid groups (broad SMARTS) is 1. The molecule has 0 spiro atoms. The predicted molar refractivity (Wildman–Crippen MR) is 68.4 cm³/mol. The van der Waals surface area contributed by atoms with Crippen molar-refractivity contribution in [2.24, 2.45) is 0 Å².